The van der Waals surface area contributed by atoms with Crippen molar-refractivity contribution >= 4 is 17.4 Å². The third kappa shape index (κ3) is 3.02. The standard InChI is InChI=1S/C12H9N5O/c13-7-9-2-1-3-10(6-9)16-12(18)17-11-4-5-14-15-8-11/h1-6,8H,(H2,14,16,17,18). The smallest absolute Gasteiger partial charge is 0.308 e. The highest BCUT2D eigenvalue weighted by molar-refractivity contribution is 5.99. The second-order valence-corrected chi connectivity index (χ2v) is 3.40. The molecule has 0 aliphatic heterocycles. The van der Waals surface area contributed by atoms with Gasteiger partial charge in [0.25, 0.3) is 0 Å². The molecule has 2 aromatic rings. The highest BCUT2D eigenvalue weighted by Gasteiger charge is 2.03. The average Bonchev–Trinajstić information content (AvgIpc) is 2.40. The second-order valence-electron chi connectivity index (χ2n) is 3.40. The fourth-order valence-electron chi connectivity index (χ4n) is 1.32. The van der Waals surface area contributed by atoms with Crippen LogP contribution in [-0.2, 0) is 0 Å². The van der Waals surface area contributed by atoms with Gasteiger partial charge in [0, 0.05) is 5.69 Å². The molecule has 6 heteroatoms. The number of hydrogen-bond donors (Lipinski definition) is 2. The van der Waals surface area contributed by atoms with Crippen LogP contribution in [0.25, 0.3) is 0 Å². The van der Waals surface area contributed by atoms with Gasteiger partial charge < -0.3 is 10.6 Å². The van der Waals surface area contributed by atoms with Gasteiger partial charge in [0.2, 0.25) is 0 Å². The number of nitrogens with zero attached hydrogens (tertiary/aromatic N) is 3. The Morgan fingerprint density at radius 2 is 2.00 bits per heavy atom. The van der Waals surface area contributed by atoms with E-state index < -0.39 is 6.03 Å². The summed E-state index contributed by atoms with van der Waals surface area (Å²) >= 11 is 0. The molecule has 18 heavy (non-hydrogen) atoms. The van der Waals surface area contributed by atoms with E-state index >= 15 is 0 Å². The molecule has 0 spiro atoms. The van der Waals surface area contributed by atoms with Crippen LogP contribution in [0.4, 0.5) is 16.2 Å². The molecule has 88 valence electrons. The van der Waals surface area contributed by atoms with Gasteiger partial charge in [0.15, 0.2) is 0 Å². The monoisotopic (exact) mass is 239 g/mol. The first kappa shape index (κ1) is 11.5. The van der Waals surface area contributed by atoms with Gasteiger partial charge in [0.05, 0.1) is 29.7 Å². The number of aromatic nitrogens is 2. The van der Waals surface area contributed by atoms with Gasteiger partial charge in [0.1, 0.15) is 0 Å². The van der Waals surface area contributed by atoms with Crippen molar-refractivity contribution in [2.75, 3.05) is 10.6 Å². The molecule has 1 aromatic heterocycles. The Kier molecular flexibility index (Phi) is 3.47. The first-order chi connectivity index (χ1) is 8.78. The molecule has 0 aliphatic carbocycles. The van der Waals surface area contributed by atoms with E-state index in [9.17, 15) is 4.79 Å². The van der Waals surface area contributed by atoms with Crippen LogP contribution in [0.2, 0.25) is 0 Å². The molecule has 0 saturated carbocycles. The molecule has 0 fully saturated rings. The lowest BCUT2D eigenvalue weighted by Gasteiger charge is -2.06. The summed E-state index contributed by atoms with van der Waals surface area (Å²) < 4.78 is 0. The van der Waals surface area contributed by atoms with E-state index in [1.54, 1.807) is 30.3 Å². The van der Waals surface area contributed by atoms with Gasteiger partial charge in [-0.05, 0) is 24.3 Å². The van der Waals surface area contributed by atoms with E-state index in [4.69, 9.17) is 5.26 Å². The number of rotatable bonds is 2. The van der Waals surface area contributed by atoms with Crippen molar-refractivity contribution in [1.82, 2.24) is 10.2 Å². The third-order valence-electron chi connectivity index (χ3n) is 2.09. The number of hydrogen-bond acceptors (Lipinski definition) is 4. The van der Waals surface area contributed by atoms with Gasteiger partial charge in [-0.2, -0.15) is 15.5 Å². The lowest BCUT2D eigenvalue weighted by atomic mass is 10.2. The zero-order valence-electron chi connectivity index (χ0n) is 9.29. The summed E-state index contributed by atoms with van der Waals surface area (Å²) in [6.45, 7) is 0. The summed E-state index contributed by atoms with van der Waals surface area (Å²) in [5.41, 5.74) is 1.57. The third-order valence-corrected chi connectivity index (χ3v) is 2.09. The number of benzene rings is 1. The van der Waals surface area contributed by atoms with E-state index in [2.05, 4.69) is 20.8 Å². The Labute approximate surface area is 103 Å². The predicted molar refractivity (Wildman–Crippen MR) is 65.8 cm³/mol. The van der Waals surface area contributed by atoms with Crippen LogP contribution in [0.3, 0.4) is 0 Å². The van der Waals surface area contributed by atoms with Crippen LogP contribution >= 0.6 is 0 Å². The fraction of sp³-hybridized carbons (Fsp3) is 0. The van der Waals surface area contributed by atoms with Gasteiger partial charge in [-0.3, -0.25) is 0 Å². The number of nitrogens with one attached hydrogen (secondary N) is 2. The molecule has 0 bridgehead atoms. The second kappa shape index (κ2) is 5.41. The Hall–Kier alpha value is -2.94. The van der Waals surface area contributed by atoms with Gasteiger partial charge in [-0.15, -0.1) is 0 Å². The zero-order chi connectivity index (χ0) is 12.8. The predicted octanol–water partition coefficient (Wildman–Crippen LogP) is 1.99. The van der Waals surface area contributed by atoms with Crippen molar-refractivity contribution in [1.29, 1.82) is 5.26 Å². The first-order valence-electron chi connectivity index (χ1n) is 5.13. The molecule has 0 atom stereocenters. The number of carbonyl (C=O) groups is 1. The van der Waals surface area contributed by atoms with Crippen molar-refractivity contribution in [3.05, 3.63) is 48.3 Å². The Morgan fingerprint density at radius 1 is 1.17 bits per heavy atom. The van der Waals surface area contributed by atoms with Crippen molar-refractivity contribution in [3.8, 4) is 6.07 Å². The maximum atomic E-state index is 11.6. The van der Waals surface area contributed by atoms with Gasteiger partial charge in [-0.25, -0.2) is 4.79 Å². The Bertz CT molecular complexity index is 591. The highest BCUT2D eigenvalue weighted by atomic mass is 16.2. The lowest BCUT2D eigenvalue weighted by Crippen LogP contribution is -2.19. The summed E-state index contributed by atoms with van der Waals surface area (Å²) in [5.74, 6) is 0. The summed E-state index contributed by atoms with van der Waals surface area (Å²) in [7, 11) is 0. The molecule has 0 saturated heterocycles. The molecule has 0 aliphatic rings. The number of carbonyl (C=O) groups excluding carboxylic acids is 1. The minimum atomic E-state index is -0.405. The summed E-state index contributed by atoms with van der Waals surface area (Å²) in [6.07, 6.45) is 2.91. The van der Waals surface area contributed by atoms with Crippen LogP contribution in [0.5, 0.6) is 0 Å². The Balaban J connectivity index is 2.01. The highest BCUT2D eigenvalue weighted by Crippen LogP contribution is 2.10. The number of amides is 2. The topological polar surface area (TPSA) is 90.7 Å². The summed E-state index contributed by atoms with van der Waals surface area (Å²) in [5, 5.41) is 21.2. The molecule has 0 radical (unpaired) electrons. The van der Waals surface area contributed by atoms with Crippen LogP contribution in [0.15, 0.2) is 42.7 Å². The van der Waals surface area contributed by atoms with Crippen molar-refractivity contribution < 1.29 is 4.79 Å². The number of nitriles is 1. The van der Waals surface area contributed by atoms with Crippen LogP contribution in [0.1, 0.15) is 5.56 Å². The maximum absolute atomic E-state index is 11.6. The molecule has 1 aromatic carbocycles. The molecule has 2 N–H and O–H groups in total. The molecule has 6 nitrogen and oxygen atoms in total. The SMILES string of the molecule is N#Cc1cccc(NC(=O)Nc2ccnnc2)c1. The van der Waals surface area contributed by atoms with E-state index in [1.807, 2.05) is 6.07 Å². The van der Waals surface area contributed by atoms with Gasteiger partial charge >= 0.3 is 6.03 Å². The Morgan fingerprint density at radius 3 is 2.72 bits per heavy atom. The van der Waals surface area contributed by atoms with Crippen molar-refractivity contribution in [3.63, 3.8) is 0 Å². The molecule has 2 amide bonds. The molecule has 0 unspecified atom stereocenters. The minimum absolute atomic E-state index is 0.405. The van der Waals surface area contributed by atoms with E-state index in [1.165, 1.54) is 12.4 Å². The van der Waals surface area contributed by atoms with Crippen LogP contribution in [0, 0.1) is 11.3 Å². The fourth-order valence-corrected chi connectivity index (χ4v) is 1.32. The molecular weight excluding hydrogens is 230 g/mol. The summed E-state index contributed by atoms with van der Waals surface area (Å²) in [4.78, 5) is 11.6. The quantitative estimate of drug-likeness (QED) is 0.838. The first-order valence-corrected chi connectivity index (χ1v) is 5.13. The zero-order valence-corrected chi connectivity index (χ0v) is 9.29. The minimum Gasteiger partial charge on any atom is -0.308 e. The molecular formula is C12H9N5O. The van der Waals surface area contributed by atoms with E-state index in [0.29, 0.717) is 16.9 Å². The number of anilines is 2. The molecule has 2 rings (SSSR count). The van der Waals surface area contributed by atoms with Crippen LogP contribution < -0.4 is 10.6 Å². The van der Waals surface area contributed by atoms with Crippen LogP contribution in [-0.4, -0.2) is 16.2 Å². The normalized spacial score (nSPS) is 9.28. The van der Waals surface area contributed by atoms with Crippen molar-refractivity contribution in [2.45, 2.75) is 0 Å². The van der Waals surface area contributed by atoms with E-state index in [-0.39, 0.29) is 0 Å². The largest absolute Gasteiger partial charge is 0.323 e. The maximum Gasteiger partial charge on any atom is 0.323 e. The van der Waals surface area contributed by atoms with Crippen molar-refractivity contribution in [2.24, 2.45) is 0 Å². The average molecular weight is 239 g/mol. The van der Waals surface area contributed by atoms with Gasteiger partial charge in [-0.1, -0.05) is 6.07 Å². The summed E-state index contributed by atoms with van der Waals surface area (Å²) in [6, 6.07) is 9.87. The van der Waals surface area contributed by atoms with E-state index in [0.717, 1.165) is 0 Å². The molecule has 1 heterocycles. The lowest BCUT2D eigenvalue weighted by molar-refractivity contribution is 0.262. The number of urea groups is 1.